The molecule has 0 amide bonds. The van der Waals surface area contributed by atoms with E-state index in [1.165, 1.54) is 0 Å². The number of rotatable bonds is 2. The number of hydrogen-bond donors (Lipinski definition) is 0. The zero-order chi connectivity index (χ0) is 10.8. The van der Waals surface area contributed by atoms with Gasteiger partial charge in [-0.25, -0.2) is 4.98 Å². The van der Waals surface area contributed by atoms with E-state index in [4.69, 9.17) is 4.74 Å². The van der Waals surface area contributed by atoms with Crippen molar-refractivity contribution in [2.75, 3.05) is 7.11 Å². The third-order valence-electron chi connectivity index (χ3n) is 2.02. The van der Waals surface area contributed by atoms with Crippen molar-refractivity contribution < 1.29 is 4.74 Å². The van der Waals surface area contributed by atoms with E-state index in [-0.39, 0.29) is 0 Å². The number of ether oxygens (including phenoxy) is 1. The highest BCUT2D eigenvalue weighted by Crippen LogP contribution is 2.31. The molecule has 1 aromatic carbocycles. The Balaban J connectivity index is 2.42. The van der Waals surface area contributed by atoms with E-state index in [0.29, 0.717) is 0 Å². The van der Waals surface area contributed by atoms with Gasteiger partial charge in [0.1, 0.15) is 10.8 Å². The molecular weight excluding hydrogens is 274 g/mol. The Kier molecular flexibility index (Phi) is 3.07. The smallest absolute Gasteiger partial charge is 0.133 e. The van der Waals surface area contributed by atoms with Gasteiger partial charge >= 0.3 is 0 Å². The average Bonchev–Trinajstić information content (AvgIpc) is 2.65. The maximum Gasteiger partial charge on any atom is 0.133 e. The molecule has 0 aliphatic rings. The molecule has 2 rings (SSSR count). The van der Waals surface area contributed by atoms with E-state index in [1.807, 2.05) is 30.5 Å². The Morgan fingerprint density at radius 3 is 2.73 bits per heavy atom. The summed E-state index contributed by atoms with van der Waals surface area (Å²) in [5.74, 6) is 0.840. The van der Waals surface area contributed by atoms with Crippen LogP contribution in [-0.4, -0.2) is 12.1 Å². The van der Waals surface area contributed by atoms with Gasteiger partial charge in [-0.3, -0.25) is 0 Å². The number of methoxy groups -OCH3 is 1. The summed E-state index contributed by atoms with van der Waals surface area (Å²) in [6, 6.07) is 5.98. The van der Waals surface area contributed by atoms with Crippen molar-refractivity contribution >= 4 is 27.3 Å². The van der Waals surface area contributed by atoms with Crippen molar-refractivity contribution in [1.82, 2.24) is 4.98 Å². The van der Waals surface area contributed by atoms with E-state index >= 15 is 0 Å². The lowest BCUT2D eigenvalue weighted by Crippen LogP contribution is -1.85. The van der Waals surface area contributed by atoms with Crippen molar-refractivity contribution in [1.29, 1.82) is 0 Å². The van der Waals surface area contributed by atoms with E-state index < -0.39 is 0 Å². The Hall–Kier alpha value is -0.870. The van der Waals surface area contributed by atoms with Crippen molar-refractivity contribution in [3.63, 3.8) is 0 Å². The average molecular weight is 284 g/mol. The topological polar surface area (TPSA) is 22.1 Å². The molecule has 2 aromatic rings. The van der Waals surface area contributed by atoms with Crippen molar-refractivity contribution in [3.05, 3.63) is 33.7 Å². The molecule has 0 spiro atoms. The van der Waals surface area contributed by atoms with E-state index in [0.717, 1.165) is 26.5 Å². The largest absolute Gasteiger partial charge is 0.496 e. The maximum atomic E-state index is 5.18. The minimum atomic E-state index is 0.840. The van der Waals surface area contributed by atoms with Crippen LogP contribution in [0.2, 0.25) is 0 Å². The first-order chi connectivity index (χ1) is 7.20. The fourth-order valence-corrected chi connectivity index (χ4v) is 2.62. The predicted octanol–water partition coefficient (Wildman–Crippen LogP) is 3.89. The molecule has 0 unspecified atom stereocenters. The monoisotopic (exact) mass is 283 g/mol. The summed E-state index contributed by atoms with van der Waals surface area (Å²) in [5, 5.41) is 3.09. The second-order valence-electron chi connectivity index (χ2n) is 3.14. The predicted molar refractivity (Wildman–Crippen MR) is 66.5 cm³/mol. The molecule has 0 N–H and O–H groups in total. The van der Waals surface area contributed by atoms with Crippen LogP contribution in [0.4, 0.5) is 0 Å². The summed E-state index contributed by atoms with van der Waals surface area (Å²) < 4.78 is 6.13. The summed E-state index contributed by atoms with van der Waals surface area (Å²) >= 11 is 5.12. The second-order valence-corrected chi connectivity index (χ2v) is 4.86. The Morgan fingerprint density at radius 2 is 2.20 bits per heavy atom. The van der Waals surface area contributed by atoms with Gasteiger partial charge in [-0.15, -0.1) is 11.3 Å². The first-order valence-corrected chi connectivity index (χ1v) is 6.14. The molecule has 2 nitrogen and oxygen atoms in total. The van der Waals surface area contributed by atoms with Gasteiger partial charge in [0, 0.05) is 16.6 Å². The quantitative estimate of drug-likeness (QED) is 0.834. The minimum absolute atomic E-state index is 0.840. The molecule has 1 heterocycles. The molecule has 1 aromatic heterocycles. The third-order valence-corrected chi connectivity index (χ3v) is 3.65. The van der Waals surface area contributed by atoms with Gasteiger partial charge in [0.2, 0.25) is 0 Å². The van der Waals surface area contributed by atoms with Gasteiger partial charge in [-0.05, 0) is 41.1 Å². The van der Waals surface area contributed by atoms with Crippen LogP contribution in [0.25, 0.3) is 10.6 Å². The molecule has 0 bridgehead atoms. The van der Waals surface area contributed by atoms with Crippen LogP contribution in [0.1, 0.15) is 5.69 Å². The summed E-state index contributed by atoms with van der Waals surface area (Å²) in [4.78, 5) is 4.43. The maximum absolute atomic E-state index is 5.18. The molecule has 0 aliphatic heterocycles. The molecule has 78 valence electrons. The van der Waals surface area contributed by atoms with Gasteiger partial charge in [0.05, 0.1) is 11.6 Å². The van der Waals surface area contributed by atoms with E-state index in [9.17, 15) is 0 Å². The molecular formula is C11H10BrNOS. The second kappa shape index (κ2) is 4.33. The lowest BCUT2D eigenvalue weighted by molar-refractivity contribution is 0.412. The summed E-state index contributed by atoms with van der Waals surface area (Å²) in [6.07, 6.45) is 0. The highest BCUT2D eigenvalue weighted by atomic mass is 79.9. The van der Waals surface area contributed by atoms with E-state index in [1.54, 1.807) is 18.4 Å². The number of hydrogen-bond acceptors (Lipinski definition) is 3. The number of aromatic nitrogens is 1. The van der Waals surface area contributed by atoms with Gasteiger partial charge in [-0.1, -0.05) is 0 Å². The van der Waals surface area contributed by atoms with Crippen molar-refractivity contribution in [2.45, 2.75) is 6.92 Å². The minimum Gasteiger partial charge on any atom is -0.496 e. The molecule has 4 heteroatoms. The van der Waals surface area contributed by atoms with Crippen LogP contribution in [-0.2, 0) is 0 Å². The van der Waals surface area contributed by atoms with Crippen LogP contribution in [0.3, 0.4) is 0 Å². The Bertz CT molecular complexity index is 481. The van der Waals surface area contributed by atoms with Crippen LogP contribution in [0, 0.1) is 6.92 Å². The lowest BCUT2D eigenvalue weighted by atomic mass is 10.2. The first kappa shape index (κ1) is 10.6. The molecule has 0 saturated carbocycles. The van der Waals surface area contributed by atoms with Crippen LogP contribution in [0.15, 0.2) is 28.1 Å². The first-order valence-electron chi connectivity index (χ1n) is 4.47. The van der Waals surface area contributed by atoms with Crippen molar-refractivity contribution in [3.8, 4) is 16.3 Å². The van der Waals surface area contributed by atoms with Crippen LogP contribution in [0.5, 0.6) is 5.75 Å². The van der Waals surface area contributed by atoms with Crippen LogP contribution < -0.4 is 4.74 Å². The highest BCUT2D eigenvalue weighted by Gasteiger charge is 2.05. The Morgan fingerprint density at radius 1 is 1.40 bits per heavy atom. The molecule has 0 atom stereocenters. The molecule has 0 aliphatic carbocycles. The van der Waals surface area contributed by atoms with Crippen molar-refractivity contribution in [2.24, 2.45) is 0 Å². The number of aryl methyl sites for hydroxylation is 1. The molecule has 0 fully saturated rings. The molecule has 15 heavy (non-hydrogen) atoms. The standard InChI is InChI=1S/C11H10BrNOS/c1-7-6-15-11(13-7)8-3-4-10(14-2)9(12)5-8/h3-6H,1-2H3. The number of thiazole rings is 1. The summed E-state index contributed by atoms with van der Waals surface area (Å²) in [6.45, 7) is 2.00. The van der Waals surface area contributed by atoms with E-state index in [2.05, 4.69) is 20.9 Å². The summed E-state index contributed by atoms with van der Waals surface area (Å²) in [5.41, 5.74) is 2.17. The molecule has 0 radical (unpaired) electrons. The fraction of sp³-hybridized carbons (Fsp3) is 0.182. The number of nitrogens with zero attached hydrogens (tertiary/aromatic N) is 1. The van der Waals surface area contributed by atoms with Gasteiger partial charge < -0.3 is 4.74 Å². The summed E-state index contributed by atoms with van der Waals surface area (Å²) in [7, 11) is 1.66. The highest BCUT2D eigenvalue weighted by molar-refractivity contribution is 9.10. The van der Waals surface area contributed by atoms with Gasteiger partial charge in [0.25, 0.3) is 0 Å². The lowest BCUT2D eigenvalue weighted by Gasteiger charge is -2.03. The van der Waals surface area contributed by atoms with Crippen LogP contribution >= 0.6 is 27.3 Å². The third kappa shape index (κ3) is 2.21. The normalized spacial score (nSPS) is 10.3. The zero-order valence-electron chi connectivity index (χ0n) is 8.45. The SMILES string of the molecule is COc1ccc(-c2nc(C)cs2)cc1Br. The fourth-order valence-electron chi connectivity index (χ4n) is 1.29. The molecule has 0 saturated heterocycles. The Labute approximate surface area is 101 Å². The number of benzene rings is 1. The van der Waals surface area contributed by atoms with Gasteiger partial charge in [-0.2, -0.15) is 0 Å². The number of halogens is 1. The van der Waals surface area contributed by atoms with Gasteiger partial charge in [0.15, 0.2) is 0 Å². The zero-order valence-corrected chi connectivity index (χ0v) is 10.9.